The molecular weight excluding hydrogens is 297 g/mol. The van der Waals surface area contributed by atoms with Crippen LogP contribution >= 0.6 is 0 Å². The van der Waals surface area contributed by atoms with Crippen LogP contribution in [0.5, 0.6) is 0 Å². The molecule has 0 aliphatic heterocycles. The molecule has 7 heteroatoms. The van der Waals surface area contributed by atoms with Gasteiger partial charge < -0.3 is 15.4 Å². The van der Waals surface area contributed by atoms with E-state index in [1.54, 1.807) is 0 Å². The van der Waals surface area contributed by atoms with Gasteiger partial charge in [0.05, 0.1) is 11.1 Å². The SMILES string of the molecule is C[C@H](CC(=N)Cc1ccc(C(=O)O)cc1C(F)(F)F)N(C)C. The lowest BCUT2D eigenvalue weighted by atomic mass is 9.96. The molecule has 0 bridgehead atoms. The maximum Gasteiger partial charge on any atom is 0.416 e. The van der Waals surface area contributed by atoms with Gasteiger partial charge in [-0.25, -0.2) is 4.79 Å². The monoisotopic (exact) mass is 316 g/mol. The first-order chi connectivity index (χ1) is 10.0. The number of hydrogen-bond donors (Lipinski definition) is 2. The van der Waals surface area contributed by atoms with Crippen molar-refractivity contribution in [2.75, 3.05) is 14.1 Å². The molecule has 1 atom stereocenters. The smallest absolute Gasteiger partial charge is 0.416 e. The predicted molar refractivity (Wildman–Crippen MR) is 77.6 cm³/mol. The third-order valence-electron chi connectivity index (χ3n) is 3.49. The largest absolute Gasteiger partial charge is 0.478 e. The molecule has 0 unspecified atom stereocenters. The molecule has 0 saturated heterocycles. The van der Waals surface area contributed by atoms with Crippen molar-refractivity contribution < 1.29 is 23.1 Å². The zero-order valence-corrected chi connectivity index (χ0v) is 12.7. The topological polar surface area (TPSA) is 64.4 Å². The third-order valence-corrected chi connectivity index (χ3v) is 3.49. The Balaban J connectivity index is 3.04. The second-order valence-corrected chi connectivity index (χ2v) is 5.47. The fraction of sp³-hybridized carbons (Fsp3) is 0.467. The van der Waals surface area contributed by atoms with E-state index in [0.29, 0.717) is 12.5 Å². The number of carboxylic acids is 1. The molecule has 0 aromatic heterocycles. The number of nitrogens with one attached hydrogen (secondary N) is 1. The highest BCUT2D eigenvalue weighted by Gasteiger charge is 2.34. The zero-order valence-electron chi connectivity index (χ0n) is 12.7. The van der Waals surface area contributed by atoms with Gasteiger partial charge in [-0.3, -0.25) is 0 Å². The minimum Gasteiger partial charge on any atom is -0.478 e. The molecule has 0 amide bonds. The number of carboxylic acid groups (broad SMARTS) is 1. The van der Waals surface area contributed by atoms with Crippen molar-refractivity contribution in [3.05, 3.63) is 34.9 Å². The van der Waals surface area contributed by atoms with E-state index in [-0.39, 0.29) is 23.7 Å². The number of aromatic carboxylic acids is 1. The Morgan fingerprint density at radius 1 is 1.36 bits per heavy atom. The normalized spacial score (nSPS) is 13.2. The van der Waals surface area contributed by atoms with Crippen LogP contribution in [0.15, 0.2) is 18.2 Å². The molecule has 0 heterocycles. The van der Waals surface area contributed by atoms with Gasteiger partial charge in [0, 0.05) is 24.6 Å². The van der Waals surface area contributed by atoms with Gasteiger partial charge in [0.15, 0.2) is 0 Å². The van der Waals surface area contributed by atoms with Gasteiger partial charge in [0.1, 0.15) is 0 Å². The van der Waals surface area contributed by atoms with E-state index in [9.17, 15) is 18.0 Å². The molecular formula is C15H19F3N2O2. The molecule has 0 radical (unpaired) electrons. The van der Waals surface area contributed by atoms with Crippen molar-refractivity contribution in [2.45, 2.75) is 32.0 Å². The average Bonchev–Trinajstić information content (AvgIpc) is 2.37. The van der Waals surface area contributed by atoms with E-state index < -0.39 is 23.3 Å². The Bertz CT molecular complexity index is 568. The molecule has 4 nitrogen and oxygen atoms in total. The second kappa shape index (κ2) is 6.91. The number of carbonyl (C=O) groups is 1. The number of rotatable bonds is 6. The lowest BCUT2D eigenvalue weighted by molar-refractivity contribution is -0.138. The Morgan fingerprint density at radius 3 is 2.41 bits per heavy atom. The van der Waals surface area contributed by atoms with E-state index in [4.69, 9.17) is 10.5 Å². The molecule has 0 aliphatic rings. The average molecular weight is 316 g/mol. The van der Waals surface area contributed by atoms with Crippen molar-refractivity contribution in [3.8, 4) is 0 Å². The zero-order chi connectivity index (χ0) is 17.1. The molecule has 2 N–H and O–H groups in total. The summed E-state index contributed by atoms with van der Waals surface area (Å²) in [7, 11) is 3.67. The number of halogens is 3. The summed E-state index contributed by atoms with van der Waals surface area (Å²) in [5.41, 5.74) is -1.30. The highest BCUT2D eigenvalue weighted by atomic mass is 19.4. The van der Waals surface area contributed by atoms with E-state index in [2.05, 4.69) is 0 Å². The summed E-state index contributed by atoms with van der Waals surface area (Å²) in [5, 5.41) is 16.7. The first-order valence-electron chi connectivity index (χ1n) is 6.68. The molecule has 22 heavy (non-hydrogen) atoms. The van der Waals surface area contributed by atoms with Crippen LogP contribution in [0.3, 0.4) is 0 Å². The summed E-state index contributed by atoms with van der Waals surface area (Å²) >= 11 is 0. The van der Waals surface area contributed by atoms with Crippen LogP contribution in [0.1, 0.15) is 34.8 Å². The summed E-state index contributed by atoms with van der Waals surface area (Å²) in [6, 6.07) is 2.94. The highest BCUT2D eigenvalue weighted by molar-refractivity contribution is 5.89. The first-order valence-corrected chi connectivity index (χ1v) is 6.68. The highest BCUT2D eigenvalue weighted by Crippen LogP contribution is 2.33. The van der Waals surface area contributed by atoms with Crippen LogP contribution in [-0.4, -0.2) is 41.8 Å². The predicted octanol–water partition coefficient (Wildman–Crippen LogP) is 3.31. The van der Waals surface area contributed by atoms with Crippen molar-refractivity contribution in [1.29, 1.82) is 5.41 Å². The van der Waals surface area contributed by atoms with Crippen molar-refractivity contribution in [3.63, 3.8) is 0 Å². The van der Waals surface area contributed by atoms with E-state index in [0.717, 1.165) is 12.1 Å². The molecule has 0 fully saturated rings. The molecule has 1 rings (SSSR count). The molecule has 1 aromatic carbocycles. The van der Waals surface area contributed by atoms with Gasteiger partial charge in [-0.1, -0.05) is 6.07 Å². The summed E-state index contributed by atoms with van der Waals surface area (Å²) in [6.45, 7) is 1.88. The van der Waals surface area contributed by atoms with E-state index >= 15 is 0 Å². The first kappa shape index (κ1) is 18.2. The van der Waals surface area contributed by atoms with Gasteiger partial charge in [-0.15, -0.1) is 0 Å². The molecule has 1 aromatic rings. The lowest BCUT2D eigenvalue weighted by Gasteiger charge is -2.20. The maximum atomic E-state index is 13.1. The molecule has 0 aliphatic carbocycles. The quantitative estimate of drug-likeness (QED) is 0.791. The minimum absolute atomic E-state index is 0.0418. The van der Waals surface area contributed by atoms with Gasteiger partial charge in [0.2, 0.25) is 0 Å². The summed E-state index contributed by atoms with van der Waals surface area (Å²) in [6.07, 6.45) is -4.44. The Labute approximate surface area is 127 Å². The number of alkyl halides is 3. The van der Waals surface area contributed by atoms with Gasteiger partial charge >= 0.3 is 12.1 Å². The van der Waals surface area contributed by atoms with Gasteiger partial charge in [-0.2, -0.15) is 13.2 Å². The standard InChI is InChI=1S/C15H19F3N2O2/c1-9(20(2)3)6-12(19)7-10-4-5-11(14(21)22)8-13(10)15(16,17)18/h4-5,8-9,19H,6-7H2,1-3H3,(H,21,22)/t9-/m1/s1. The molecule has 0 spiro atoms. The van der Waals surface area contributed by atoms with E-state index in [1.165, 1.54) is 0 Å². The number of hydrogen-bond acceptors (Lipinski definition) is 3. The Morgan fingerprint density at radius 2 is 1.95 bits per heavy atom. The third kappa shape index (κ3) is 4.84. The van der Waals surface area contributed by atoms with Crippen LogP contribution in [0.4, 0.5) is 13.2 Å². The Hall–Kier alpha value is -1.89. The van der Waals surface area contributed by atoms with Crippen LogP contribution in [-0.2, 0) is 12.6 Å². The Kier molecular flexibility index (Phi) is 5.71. The summed E-state index contributed by atoms with van der Waals surface area (Å²) < 4.78 is 39.2. The fourth-order valence-corrected chi connectivity index (χ4v) is 1.97. The number of nitrogens with zero attached hydrogens (tertiary/aromatic N) is 1. The van der Waals surface area contributed by atoms with Crippen LogP contribution in [0.2, 0.25) is 0 Å². The fourth-order valence-electron chi connectivity index (χ4n) is 1.97. The number of benzene rings is 1. The molecule has 122 valence electrons. The van der Waals surface area contributed by atoms with Crippen molar-refractivity contribution in [1.82, 2.24) is 4.90 Å². The van der Waals surface area contributed by atoms with Crippen molar-refractivity contribution in [2.24, 2.45) is 0 Å². The van der Waals surface area contributed by atoms with Gasteiger partial charge in [0.25, 0.3) is 0 Å². The van der Waals surface area contributed by atoms with Crippen molar-refractivity contribution >= 4 is 11.7 Å². The molecule has 0 saturated carbocycles. The van der Waals surface area contributed by atoms with Gasteiger partial charge in [-0.05, 0) is 38.7 Å². The summed E-state index contributed by atoms with van der Waals surface area (Å²) in [5.74, 6) is -1.41. The lowest BCUT2D eigenvalue weighted by Crippen LogP contribution is -2.27. The summed E-state index contributed by atoms with van der Waals surface area (Å²) in [4.78, 5) is 12.7. The van der Waals surface area contributed by atoms with Crippen LogP contribution < -0.4 is 0 Å². The van der Waals surface area contributed by atoms with Crippen LogP contribution in [0.25, 0.3) is 0 Å². The second-order valence-electron chi connectivity index (χ2n) is 5.47. The van der Waals surface area contributed by atoms with E-state index in [1.807, 2.05) is 25.9 Å². The minimum atomic E-state index is -4.64. The van der Waals surface area contributed by atoms with Crippen LogP contribution in [0, 0.1) is 5.41 Å². The maximum absolute atomic E-state index is 13.1.